The fourth-order valence-electron chi connectivity index (χ4n) is 1.73. The smallest absolute Gasteiger partial charge is 0.236 e. The van der Waals surface area contributed by atoms with Gasteiger partial charge in [0.2, 0.25) is 5.91 Å². The molecule has 0 aromatic rings. The molecule has 0 aliphatic rings. The number of amides is 1. The Morgan fingerprint density at radius 2 is 1.94 bits per heavy atom. The van der Waals surface area contributed by atoms with Gasteiger partial charge in [0.05, 0.1) is 13.2 Å². The fourth-order valence-corrected chi connectivity index (χ4v) is 1.73. The van der Waals surface area contributed by atoms with Gasteiger partial charge >= 0.3 is 0 Å². The third-order valence-corrected chi connectivity index (χ3v) is 3.22. The first kappa shape index (κ1) is 17.4. The predicted octanol–water partition coefficient (Wildman–Crippen LogP) is 1.78. The molecule has 0 saturated heterocycles. The second kappa shape index (κ2) is 11.5. The number of aliphatic hydroxyl groups excluding tert-OH is 1. The van der Waals surface area contributed by atoms with E-state index in [0.717, 1.165) is 25.8 Å². The molecule has 1 amide bonds. The zero-order valence-corrected chi connectivity index (χ0v) is 12.2. The Bertz CT molecular complexity index is 210. The lowest BCUT2D eigenvalue weighted by molar-refractivity contribution is -0.131. The van der Waals surface area contributed by atoms with Crippen LogP contribution in [0.4, 0.5) is 0 Å². The molecule has 0 aromatic carbocycles. The highest BCUT2D eigenvalue weighted by Crippen LogP contribution is 2.02. The molecule has 0 rings (SSSR count). The van der Waals surface area contributed by atoms with Crippen LogP contribution in [-0.4, -0.2) is 48.2 Å². The third kappa shape index (κ3) is 8.48. The van der Waals surface area contributed by atoms with Crippen molar-refractivity contribution in [1.82, 2.24) is 10.2 Å². The number of aliphatic hydroxyl groups is 1. The maximum Gasteiger partial charge on any atom is 0.236 e. The van der Waals surface area contributed by atoms with E-state index in [-0.39, 0.29) is 12.5 Å². The molecule has 2 N–H and O–H groups in total. The minimum atomic E-state index is 0.0445. The summed E-state index contributed by atoms with van der Waals surface area (Å²) in [5.41, 5.74) is 0. The summed E-state index contributed by atoms with van der Waals surface area (Å²) in [7, 11) is 0. The lowest BCUT2D eigenvalue weighted by Crippen LogP contribution is -2.42. The molecule has 4 nitrogen and oxygen atoms in total. The molecule has 1 unspecified atom stereocenters. The summed E-state index contributed by atoms with van der Waals surface area (Å²) < 4.78 is 0. The van der Waals surface area contributed by atoms with Crippen LogP contribution in [-0.2, 0) is 4.79 Å². The molecule has 0 heterocycles. The van der Waals surface area contributed by atoms with E-state index in [0.29, 0.717) is 19.1 Å². The third-order valence-electron chi connectivity index (χ3n) is 3.22. The lowest BCUT2D eigenvalue weighted by atomic mass is 10.2. The molecule has 0 spiro atoms. The van der Waals surface area contributed by atoms with Crippen molar-refractivity contribution in [3.8, 4) is 0 Å². The summed E-state index contributed by atoms with van der Waals surface area (Å²) >= 11 is 0. The predicted molar refractivity (Wildman–Crippen MR) is 75.6 cm³/mol. The van der Waals surface area contributed by atoms with E-state index in [1.807, 2.05) is 0 Å². The SMILES string of the molecule is CCCCCCN(CCO)C(=O)CNC(C)CC. The Kier molecular flexibility index (Phi) is 11.1. The first-order valence-electron chi connectivity index (χ1n) is 7.27. The van der Waals surface area contributed by atoms with Gasteiger partial charge in [0.15, 0.2) is 0 Å². The van der Waals surface area contributed by atoms with Crippen molar-refractivity contribution in [2.75, 3.05) is 26.2 Å². The number of carbonyl (C=O) groups excluding carboxylic acids is 1. The minimum Gasteiger partial charge on any atom is -0.395 e. The number of nitrogens with one attached hydrogen (secondary N) is 1. The first-order valence-corrected chi connectivity index (χ1v) is 7.27. The molecular weight excluding hydrogens is 228 g/mol. The molecule has 0 aliphatic carbocycles. The van der Waals surface area contributed by atoms with Gasteiger partial charge < -0.3 is 15.3 Å². The van der Waals surface area contributed by atoms with E-state index in [1.54, 1.807) is 4.90 Å². The number of nitrogens with zero attached hydrogens (tertiary/aromatic N) is 1. The number of hydrogen-bond donors (Lipinski definition) is 2. The Balaban J connectivity index is 3.94. The van der Waals surface area contributed by atoms with Gasteiger partial charge in [0.25, 0.3) is 0 Å². The fraction of sp³-hybridized carbons (Fsp3) is 0.929. The van der Waals surface area contributed by atoms with E-state index in [1.165, 1.54) is 12.8 Å². The van der Waals surface area contributed by atoms with Gasteiger partial charge in [0, 0.05) is 19.1 Å². The molecule has 0 saturated carbocycles. The minimum absolute atomic E-state index is 0.0445. The van der Waals surface area contributed by atoms with E-state index in [4.69, 9.17) is 5.11 Å². The number of carbonyl (C=O) groups is 1. The van der Waals surface area contributed by atoms with Crippen molar-refractivity contribution in [2.24, 2.45) is 0 Å². The molecule has 108 valence electrons. The summed E-state index contributed by atoms with van der Waals surface area (Å²) in [6.45, 7) is 7.98. The van der Waals surface area contributed by atoms with Gasteiger partial charge in [-0.1, -0.05) is 33.1 Å². The van der Waals surface area contributed by atoms with Gasteiger partial charge in [-0.05, 0) is 19.8 Å². The van der Waals surface area contributed by atoms with E-state index >= 15 is 0 Å². The van der Waals surface area contributed by atoms with Crippen molar-refractivity contribution in [3.05, 3.63) is 0 Å². The van der Waals surface area contributed by atoms with Crippen molar-refractivity contribution in [3.63, 3.8) is 0 Å². The largest absolute Gasteiger partial charge is 0.395 e. The average molecular weight is 258 g/mol. The Morgan fingerprint density at radius 1 is 1.22 bits per heavy atom. The van der Waals surface area contributed by atoms with Crippen LogP contribution in [0.2, 0.25) is 0 Å². The van der Waals surface area contributed by atoms with Gasteiger partial charge in [-0.15, -0.1) is 0 Å². The second-order valence-corrected chi connectivity index (χ2v) is 4.86. The molecule has 18 heavy (non-hydrogen) atoms. The zero-order valence-electron chi connectivity index (χ0n) is 12.2. The molecule has 0 fully saturated rings. The highest BCUT2D eigenvalue weighted by atomic mass is 16.3. The number of unbranched alkanes of at least 4 members (excludes halogenated alkanes) is 3. The van der Waals surface area contributed by atoms with E-state index < -0.39 is 0 Å². The molecule has 0 radical (unpaired) electrons. The molecule has 0 aliphatic heterocycles. The van der Waals surface area contributed by atoms with Crippen molar-refractivity contribution in [1.29, 1.82) is 0 Å². The second-order valence-electron chi connectivity index (χ2n) is 4.86. The normalized spacial score (nSPS) is 12.4. The van der Waals surface area contributed by atoms with Crippen LogP contribution in [0.5, 0.6) is 0 Å². The Labute approximate surface area is 112 Å². The van der Waals surface area contributed by atoms with Gasteiger partial charge in [-0.2, -0.15) is 0 Å². The van der Waals surface area contributed by atoms with Crippen molar-refractivity contribution < 1.29 is 9.90 Å². The first-order chi connectivity index (χ1) is 8.65. The zero-order chi connectivity index (χ0) is 13.8. The molecule has 0 aromatic heterocycles. The standard InChI is InChI=1S/C14H30N2O2/c1-4-6-7-8-9-16(10-11-17)14(18)12-15-13(3)5-2/h13,15,17H,4-12H2,1-3H3. The van der Waals surface area contributed by atoms with Crippen molar-refractivity contribution in [2.45, 2.75) is 58.9 Å². The Morgan fingerprint density at radius 3 is 2.50 bits per heavy atom. The lowest BCUT2D eigenvalue weighted by Gasteiger charge is -2.23. The maximum absolute atomic E-state index is 12.0. The maximum atomic E-state index is 12.0. The summed E-state index contributed by atoms with van der Waals surface area (Å²) in [4.78, 5) is 13.7. The quantitative estimate of drug-likeness (QED) is 0.555. The highest BCUT2D eigenvalue weighted by molar-refractivity contribution is 5.78. The molecule has 4 heteroatoms. The number of hydrogen-bond acceptors (Lipinski definition) is 3. The highest BCUT2D eigenvalue weighted by Gasteiger charge is 2.12. The molecule has 1 atom stereocenters. The van der Waals surface area contributed by atoms with Crippen LogP contribution in [0.25, 0.3) is 0 Å². The average Bonchev–Trinajstić information content (AvgIpc) is 2.39. The van der Waals surface area contributed by atoms with Crippen LogP contribution >= 0.6 is 0 Å². The summed E-state index contributed by atoms with van der Waals surface area (Å²) in [6.07, 6.45) is 5.62. The monoisotopic (exact) mass is 258 g/mol. The van der Waals surface area contributed by atoms with Gasteiger partial charge in [-0.25, -0.2) is 0 Å². The van der Waals surface area contributed by atoms with Gasteiger partial charge in [0.1, 0.15) is 0 Å². The van der Waals surface area contributed by atoms with E-state index in [9.17, 15) is 4.79 Å². The molecular formula is C14H30N2O2. The van der Waals surface area contributed by atoms with Gasteiger partial charge in [-0.3, -0.25) is 4.79 Å². The van der Waals surface area contributed by atoms with Crippen LogP contribution in [0.1, 0.15) is 52.9 Å². The van der Waals surface area contributed by atoms with Crippen LogP contribution < -0.4 is 5.32 Å². The summed E-state index contributed by atoms with van der Waals surface area (Å²) in [6, 6.07) is 0.366. The van der Waals surface area contributed by atoms with Crippen LogP contribution in [0.3, 0.4) is 0 Å². The topological polar surface area (TPSA) is 52.6 Å². The van der Waals surface area contributed by atoms with E-state index in [2.05, 4.69) is 26.1 Å². The Hall–Kier alpha value is -0.610. The summed E-state index contributed by atoms with van der Waals surface area (Å²) in [5.74, 6) is 0.0980. The molecule has 0 bridgehead atoms. The number of rotatable bonds is 11. The van der Waals surface area contributed by atoms with Crippen LogP contribution in [0, 0.1) is 0 Å². The van der Waals surface area contributed by atoms with Crippen LogP contribution in [0.15, 0.2) is 0 Å². The summed E-state index contributed by atoms with van der Waals surface area (Å²) in [5, 5.41) is 12.2. The van der Waals surface area contributed by atoms with Crippen molar-refractivity contribution >= 4 is 5.91 Å².